The summed E-state index contributed by atoms with van der Waals surface area (Å²) in [5.74, 6) is 0.393. The van der Waals surface area contributed by atoms with E-state index in [0.717, 1.165) is 30.8 Å². The largest absolute Gasteiger partial charge is 0.371 e. The number of carbonyl (C=O) groups excluding carboxylic acids is 1. The van der Waals surface area contributed by atoms with Gasteiger partial charge in [0.05, 0.1) is 23.9 Å². The van der Waals surface area contributed by atoms with Gasteiger partial charge in [-0.25, -0.2) is 4.39 Å². The third-order valence-corrected chi connectivity index (χ3v) is 5.49. The highest BCUT2D eigenvalue weighted by Gasteiger charge is 2.52. The van der Waals surface area contributed by atoms with Crippen molar-refractivity contribution < 1.29 is 13.9 Å². The SMILES string of the molecule is Cc1ccc(NC2COC3(CCN(C(=O)C4(F)CCC4)C3)C2)nn1. The number of hydrogen-bond donors (Lipinski definition) is 1. The Morgan fingerprint density at radius 2 is 2.21 bits per heavy atom. The standard InChI is InChI=1S/C17H23FN4O2/c1-12-3-4-14(21-20-12)19-13-9-16(24-10-13)7-8-22(11-16)15(23)17(18)5-2-6-17/h3-4,13H,2,5-11H2,1H3,(H,19,21). The van der Waals surface area contributed by atoms with E-state index in [2.05, 4.69) is 15.5 Å². The van der Waals surface area contributed by atoms with Crippen LogP contribution in [-0.4, -0.2) is 58.0 Å². The van der Waals surface area contributed by atoms with E-state index in [0.29, 0.717) is 32.5 Å². The van der Waals surface area contributed by atoms with Gasteiger partial charge in [-0.05, 0) is 44.7 Å². The molecule has 1 spiro atoms. The maximum atomic E-state index is 14.4. The maximum absolute atomic E-state index is 14.4. The van der Waals surface area contributed by atoms with E-state index in [1.807, 2.05) is 19.1 Å². The minimum atomic E-state index is -1.61. The molecule has 130 valence electrons. The van der Waals surface area contributed by atoms with E-state index < -0.39 is 5.67 Å². The van der Waals surface area contributed by atoms with Gasteiger partial charge in [0, 0.05) is 19.5 Å². The monoisotopic (exact) mass is 334 g/mol. The van der Waals surface area contributed by atoms with Crippen molar-refractivity contribution in [1.82, 2.24) is 15.1 Å². The number of ether oxygens (including phenoxy) is 1. The van der Waals surface area contributed by atoms with Crippen molar-refractivity contribution in [2.75, 3.05) is 25.0 Å². The summed E-state index contributed by atoms with van der Waals surface area (Å²) in [6.07, 6.45) is 3.11. The second-order valence-electron chi connectivity index (χ2n) is 7.39. The van der Waals surface area contributed by atoms with Crippen LogP contribution in [0.1, 0.15) is 37.8 Å². The highest BCUT2D eigenvalue weighted by atomic mass is 19.1. The molecule has 1 aliphatic carbocycles. The Morgan fingerprint density at radius 1 is 1.38 bits per heavy atom. The van der Waals surface area contributed by atoms with E-state index in [4.69, 9.17) is 4.74 Å². The Labute approximate surface area is 140 Å². The van der Waals surface area contributed by atoms with Crippen molar-refractivity contribution in [2.24, 2.45) is 0 Å². The molecule has 0 bridgehead atoms. The van der Waals surface area contributed by atoms with Crippen LogP contribution in [0.15, 0.2) is 12.1 Å². The zero-order valence-corrected chi connectivity index (χ0v) is 13.9. The molecule has 2 unspecified atom stereocenters. The van der Waals surface area contributed by atoms with E-state index in [9.17, 15) is 9.18 Å². The summed E-state index contributed by atoms with van der Waals surface area (Å²) < 4.78 is 20.4. The number of halogens is 1. The third-order valence-electron chi connectivity index (χ3n) is 5.49. The van der Waals surface area contributed by atoms with Crippen LogP contribution in [0.5, 0.6) is 0 Å². The number of amides is 1. The number of rotatable bonds is 3. The molecule has 1 aromatic heterocycles. The number of aromatic nitrogens is 2. The molecule has 3 aliphatic rings. The fourth-order valence-corrected chi connectivity index (χ4v) is 3.91. The summed E-state index contributed by atoms with van der Waals surface area (Å²) in [5.41, 5.74) is -1.08. The molecule has 3 heterocycles. The second-order valence-corrected chi connectivity index (χ2v) is 7.39. The van der Waals surface area contributed by atoms with Crippen LogP contribution in [0.4, 0.5) is 10.2 Å². The van der Waals surface area contributed by atoms with Crippen LogP contribution in [0.25, 0.3) is 0 Å². The number of hydrogen-bond acceptors (Lipinski definition) is 5. The number of anilines is 1. The lowest BCUT2D eigenvalue weighted by molar-refractivity contribution is -0.149. The van der Waals surface area contributed by atoms with Crippen LogP contribution in [-0.2, 0) is 9.53 Å². The lowest BCUT2D eigenvalue weighted by Gasteiger charge is -2.36. The molecule has 7 heteroatoms. The summed E-state index contributed by atoms with van der Waals surface area (Å²) in [6, 6.07) is 3.96. The molecule has 1 amide bonds. The molecule has 1 saturated carbocycles. The summed E-state index contributed by atoms with van der Waals surface area (Å²) in [7, 11) is 0. The zero-order chi connectivity index (χ0) is 16.8. The highest BCUT2D eigenvalue weighted by molar-refractivity contribution is 5.86. The van der Waals surface area contributed by atoms with Gasteiger partial charge in [0.2, 0.25) is 0 Å². The molecule has 4 rings (SSSR count). The van der Waals surface area contributed by atoms with Gasteiger partial charge in [-0.15, -0.1) is 5.10 Å². The van der Waals surface area contributed by atoms with E-state index >= 15 is 0 Å². The van der Waals surface area contributed by atoms with Gasteiger partial charge < -0.3 is 15.0 Å². The predicted molar refractivity (Wildman–Crippen MR) is 86.4 cm³/mol. The first-order valence-electron chi connectivity index (χ1n) is 8.67. The van der Waals surface area contributed by atoms with Crippen molar-refractivity contribution >= 4 is 11.7 Å². The van der Waals surface area contributed by atoms with Gasteiger partial charge in [-0.2, -0.15) is 5.10 Å². The molecule has 1 aromatic rings. The molecule has 2 aliphatic heterocycles. The predicted octanol–water partition coefficient (Wildman–Crippen LogP) is 1.85. The van der Waals surface area contributed by atoms with Gasteiger partial charge in [0.25, 0.3) is 5.91 Å². The van der Waals surface area contributed by atoms with Gasteiger partial charge in [0.15, 0.2) is 5.67 Å². The zero-order valence-electron chi connectivity index (χ0n) is 13.9. The first kappa shape index (κ1) is 15.7. The molecule has 2 atom stereocenters. The lowest BCUT2D eigenvalue weighted by Crippen LogP contribution is -2.50. The molecule has 24 heavy (non-hydrogen) atoms. The first-order valence-corrected chi connectivity index (χ1v) is 8.67. The van der Waals surface area contributed by atoms with Crippen LogP contribution >= 0.6 is 0 Å². The van der Waals surface area contributed by atoms with E-state index in [1.165, 1.54) is 0 Å². The van der Waals surface area contributed by atoms with Gasteiger partial charge >= 0.3 is 0 Å². The lowest BCUT2D eigenvalue weighted by atomic mass is 9.81. The first-order chi connectivity index (χ1) is 11.5. The third kappa shape index (κ3) is 2.75. The Morgan fingerprint density at radius 3 is 2.88 bits per heavy atom. The average molecular weight is 334 g/mol. The number of nitrogens with zero attached hydrogens (tertiary/aromatic N) is 3. The van der Waals surface area contributed by atoms with Crippen molar-refractivity contribution in [1.29, 1.82) is 0 Å². The molecule has 0 aromatic carbocycles. The van der Waals surface area contributed by atoms with Crippen LogP contribution < -0.4 is 5.32 Å². The average Bonchev–Trinajstić information content (AvgIpc) is 3.14. The van der Waals surface area contributed by atoms with E-state index in [1.54, 1.807) is 4.90 Å². The topological polar surface area (TPSA) is 67.3 Å². The van der Waals surface area contributed by atoms with Crippen LogP contribution in [0.3, 0.4) is 0 Å². The van der Waals surface area contributed by atoms with Gasteiger partial charge in [0.1, 0.15) is 5.82 Å². The number of carbonyl (C=O) groups is 1. The normalized spacial score (nSPS) is 31.2. The Balaban J connectivity index is 1.36. The van der Waals surface area contributed by atoms with Gasteiger partial charge in [-0.3, -0.25) is 4.79 Å². The molecule has 2 saturated heterocycles. The maximum Gasteiger partial charge on any atom is 0.260 e. The highest BCUT2D eigenvalue weighted by Crippen LogP contribution is 2.41. The number of nitrogens with one attached hydrogen (secondary N) is 1. The molecule has 0 radical (unpaired) electrons. The molecular formula is C17H23FN4O2. The molecule has 1 N–H and O–H groups in total. The van der Waals surface area contributed by atoms with Crippen LogP contribution in [0.2, 0.25) is 0 Å². The quantitative estimate of drug-likeness (QED) is 0.914. The minimum absolute atomic E-state index is 0.139. The van der Waals surface area contributed by atoms with Crippen molar-refractivity contribution in [2.45, 2.75) is 56.3 Å². The second kappa shape index (κ2) is 5.65. The number of likely N-dealkylation sites (tertiary alicyclic amines) is 1. The summed E-state index contributed by atoms with van der Waals surface area (Å²) in [5, 5.41) is 11.5. The number of alkyl halides is 1. The van der Waals surface area contributed by atoms with Gasteiger partial charge in [-0.1, -0.05) is 0 Å². The number of aryl methyl sites for hydroxylation is 1. The smallest absolute Gasteiger partial charge is 0.260 e. The Bertz CT molecular complexity index is 634. The Kier molecular flexibility index (Phi) is 3.71. The van der Waals surface area contributed by atoms with Crippen LogP contribution in [0, 0.1) is 6.92 Å². The summed E-state index contributed by atoms with van der Waals surface area (Å²) >= 11 is 0. The minimum Gasteiger partial charge on any atom is -0.371 e. The van der Waals surface area contributed by atoms with Crippen molar-refractivity contribution in [3.05, 3.63) is 17.8 Å². The molecular weight excluding hydrogens is 311 g/mol. The molecule has 3 fully saturated rings. The van der Waals surface area contributed by atoms with E-state index in [-0.39, 0.29) is 17.6 Å². The van der Waals surface area contributed by atoms with Crippen molar-refractivity contribution in [3.8, 4) is 0 Å². The summed E-state index contributed by atoms with van der Waals surface area (Å²) in [4.78, 5) is 14.0. The Hall–Kier alpha value is -1.76. The fourth-order valence-electron chi connectivity index (χ4n) is 3.91. The van der Waals surface area contributed by atoms with Crippen molar-refractivity contribution in [3.63, 3.8) is 0 Å². The summed E-state index contributed by atoms with van der Waals surface area (Å²) in [6.45, 7) is 3.55. The fraction of sp³-hybridized carbons (Fsp3) is 0.706. The molecule has 6 nitrogen and oxygen atoms in total.